The van der Waals surface area contributed by atoms with Crippen LogP contribution in [0.4, 0.5) is 0 Å². The largest absolute Gasteiger partial charge is 0.329 e. The standard InChI is InChI=1S/C13H20N2O2S/c1-10-5-11(2)7-12(6-10)9-15-4-3-13(8-14)18(15,16)17/h5-7,13H,3-4,8-9,14H2,1-2H3. The number of benzene rings is 1. The highest BCUT2D eigenvalue weighted by Crippen LogP contribution is 2.24. The second kappa shape index (κ2) is 4.99. The van der Waals surface area contributed by atoms with Crippen LogP contribution in [0.5, 0.6) is 0 Å². The maximum absolute atomic E-state index is 12.1. The molecule has 0 saturated carbocycles. The first-order chi connectivity index (χ1) is 8.43. The number of aryl methyl sites for hydroxylation is 2. The van der Waals surface area contributed by atoms with Gasteiger partial charge in [0.25, 0.3) is 0 Å². The van der Waals surface area contributed by atoms with E-state index in [1.807, 2.05) is 26.0 Å². The third-order valence-electron chi connectivity index (χ3n) is 3.38. The molecule has 1 fully saturated rings. The van der Waals surface area contributed by atoms with Crippen molar-refractivity contribution in [2.24, 2.45) is 5.73 Å². The zero-order valence-corrected chi connectivity index (χ0v) is 11.7. The summed E-state index contributed by atoms with van der Waals surface area (Å²) >= 11 is 0. The number of nitrogens with two attached hydrogens (primary N) is 1. The van der Waals surface area contributed by atoms with E-state index in [1.165, 1.54) is 0 Å². The molecule has 4 nitrogen and oxygen atoms in total. The molecule has 1 aromatic rings. The first-order valence-electron chi connectivity index (χ1n) is 6.19. The average molecular weight is 268 g/mol. The maximum atomic E-state index is 12.1. The van der Waals surface area contributed by atoms with Gasteiger partial charge in [-0.2, -0.15) is 4.31 Å². The SMILES string of the molecule is Cc1cc(C)cc(CN2CCC(CN)S2(=O)=O)c1. The second-order valence-corrected chi connectivity index (χ2v) is 7.23. The van der Waals surface area contributed by atoms with Crippen LogP contribution in [-0.4, -0.2) is 31.1 Å². The third-order valence-corrected chi connectivity index (χ3v) is 5.69. The number of sulfonamides is 1. The summed E-state index contributed by atoms with van der Waals surface area (Å²) < 4.78 is 25.8. The van der Waals surface area contributed by atoms with Crippen LogP contribution < -0.4 is 5.73 Å². The summed E-state index contributed by atoms with van der Waals surface area (Å²) in [5.74, 6) is 0. The Morgan fingerprint density at radius 3 is 2.39 bits per heavy atom. The molecule has 1 unspecified atom stereocenters. The van der Waals surface area contributed by atoms with Crippen LogP contribution in [0.2, 0.25) is 0 Å². The Bertz CT molecular complexity index is 520. The Morgan fingerprint density at radius 2 is 1.89 bits per heavy atom. The van der Waals surface area contributed by atoms with Gasteiger partial charge in [-0.05, 0) is 25.8 Å². The molecule has 1 aliphatic rings. The summed E-state index contributed by atoms with van der Waals surface area (Å²) in [6.45, 7) is 5.31. The highest BCUT2D eigenvalue weighted by molar-refractivity contribution is 7.90. The van der Waals surface area contributed by atoms with Crippen LogP contribution in [0.15, 0.2) is 18.2 Å². The van der Waals surface area contributed by atoms with Crippen molar-refractivity contribution in [3.63, 3.8) is 0 Å². The van der Waals surface area contributed by atoms with Gasteiger partial charge in [-0.25, -0.2) is 8.42 Å². The Kier molecular flexibility index (Phi) is 3.75. The molecule has 1 aliphatic heterocycles. The first kappa shape index (κ1) is 13.5. The molecule has 0 spiro atoms. The van der Waals surface area contributed by atoms with E-state index in [9.17, 15) is 8.42 Å². The van der Waals surface area contributed by atoms with Gasteiger partial charge < -0.3 is 5.73 Å². The minimum atomic E-state index is -3.19. The van der Waals surface area contributed by atoms with E-state index >= 15 is 0 Å². The lowest BCUT2D eigenvalue weighted by Gasteiger charge is -2.17. The molecule has 1 aromatic carbocycles. The molecule has 1 saturated heterocycles. The molecule has 2 N–H and O–H groups in total. The highest BCUT2D eigenvalue weighted by atomic mass is 32.2. The van der Waals surface area contributed by atoms with E-state index in [0.29, 0.717) is 19.5 Å². The van der Waals surface area contributed by atoms with Crippen molar-refractivity contribution in [2.75, 3.05) is 13.1 Å². The molecule has 5 heteroatoms. The van der Waals surface area contributed by atoms with Crippen molar-refractivity contribution in [2.45, 2.75) is 32.1 Å². The molecule has 0 bridgehead atoms. The smallest absolute Gasteiger partial charge is 0.218 e. The number of hydrogen-bond donors (Lipinski definition) is 1. The maximum Gasteiger partial charge on any atom is 0.218 e. The highest BCUT2D eigenvalue weighted by Gasteiger charge is 2.37. The van der Waals surface area contributed by atoms with Crippen molar-refractivity contribution in [1.82, 2.24) is 4.31 Å². The minimum Gasteiger partial charge on any atom is -0.329 e. The van der Waals surface area contributed by atoms with E-state index in [0.717, 1.165) is 16.7 Å². The van der Waals surface area contributed by atoms with Crippen molar-refractivity contribution in [3.8, 4) is 0 Å². The zero-order chi connectivity index (χ0) is 13.3. The molecule has 0 aromatic heterocycles. The van der Waals surface area contributed by atoms with Crippen LogP contribution >= 0.6 is 0 Å². The third kappa shape index (κ3) is 2.58. The van der Waals surface area contributed by atoms with Crippen molar-refractivity contribution < 1.29 is 8.42 Å². The molecule has 1 atom stereocenters. The predicted octanol–water partition coefficient (Wildman–Crippen LogP) is 1.17. The molecular weight excluding hydrogens is 248 g/mol. The molecule has 1 heterocycles. The van der Waals surface area contributed by atoms with Gasteiger partial charge >= 0.3 is 0 Å². The van der Waals surface area contributed by atoms with E-state index in [1.54, 1.807) is 4.31 Å². The van der Waals surface area contributed by atoms with Gasteiger partial charge in [0.15, 0.2) is 0 Å². The topological polar surface area (TPSA) is 63.4 Å². The summed E-state index contributed by atoms with van der Waals surface area (Å²) in [6.07, 6.45) is 0.642. The summed E-state index contributed by atoms with van der Waals surface area (Å²) in [4.78, 5) is 0. The minimum absolute atomic E-state index is 0.214. The van der Waals surface area contributed by atoms with Crippen LogP contribution in [0.3, 0.4) is 0 Å². The summed E-state index contributed by atoms with van der Waals surface area (Å²) in [7, 11) is -3.19. The first-order valence-corrected chi connectivity index (χ1v) is 7.70. The Balaban J connectivity index is 2.20. The van der Waals surface area contributed by atoms with Gasteiger partial charge in [-0.3, -0.25) is 0 Å². The van der Waals surface area contributed by atoms with Crippen molar-refractivity contribution >= 4 is 10.0 Å². The fourth-order valence-corrected chi connectivity index (χ4v) is 4.30. The van der Waals surface area contributed by atoms with Crippen LogP contribution in [0, 0.1) is 13.8 Å². The normalized spacial score (nSPS) is 23.4. The van der Waals surface area contributed by atoms with Crippen LogP contribution in [0.1, 0.15) is 23.1 Å². The molecule has 0 radical (unpaired) electrons. The van der Waals surface area contributed by atoms with Crippen LogP contribution in [0.25, 0.3) is 0 Å². The number of rotatable bonds is 3. The number of nitrogens with zero attached hydrogens (tertiary/aromatic N) is 1. The average Bonchev–Trinajstić information content (AvgIpc) is 2.52. The Morgan fingerprint density at radius 1 is 1.28 bits per heavy atom. The van der Waals surface area contributed by atoms with Crippen molar-refractivity contribution in [3.05, 3.63) is 34.9 Å². The van der Waals surface area contributed by atoms with Gasteiger partial charge in [0.2, 0.25) is 10.0 Å². The van der Waals surface area contributed by atoms with Gasteiger partial charge in [0, 0.05) is 19.6 Å². The van der Waals surface area contributed by atoms with E-state index in [-0.39, 0.29) is 6.54 Å². The predicted molar refractivity (Wildman–Crippen MR) is 72.7 cm³/mol. The molecule has 2 rings (SSSR count). The summed E-state index contributed by atoms with van der Waals surface area (Å²) in [5, 5.41) is -0.400. The number of hydrogen-bond acceptors (Lipinski definition) is 3. The zero-order valence-electron chi connectivity index (χ0n) is 10.9. The van der Waals surface area contributed by atoms with E-state index in [2.05, 4.69) is 6.07 Å². The van der Waals surface area contributed by atoms with Crippen LogP contribution in [-0.2, 0) is 16.6 Å². The lowest BCUT2D eigenvalue weighted by molar-refractivity contribution is 0.439. The van der Waals surface area contributed by atoms with Crippen molar-refractivity contribution in [1.29, 1.82) is 0 Å². The van der Waals surface area contributed by atoms with Gasteiger partial charge in [0.05, 0.1) is 5.25 Å². The second-order valence-electron chi connectivity index (χ2n) is 5.02. The van der Waals surface area contributed by atoms with Gasteiger partial charge in [-0.1, -0.05) is 29.3 Å². The van der Waals surface area contributed by atoms with Gasteiger partial charge in [0.1, 0.15) is 0 Å². The fourth-order valence-electron chi connectivity index (χ4n) is 2.55. The molecule has 0 aliphatic carbocycles. The monoisotopic (exact) mass is 268 g/mol. The van der Waals surface area contributed by atoms with E-state index in [4.69, 9.17) is 5.73 Å². The lowest BCUT2D eigenvalue weighted by Crippen LogP contribution is -2.32. The fraction of sp³-hybridized carbons (Fsp3) is 0.538. The Hall–Kier alpha value is -0.910. The lowest BCUT2D eigenvalue weighted by atomic mass is 10.1. The summed E-state index contributed by atoms with van der Waals surface area (Å²) in [5.41, 5.74) is 8.88. The van der Waals surface area contributed by atoms with E-state index < -0.39 is 15.3 Å². The quantitative estimate of drug-likeness (QED) is 0.895. The molecular formula is C13H20N2O2S. The Labute approximate surface area is 109 Å². The summed E-state index contributed by atoms with van der Waals surface area (Å²) in [6, 6.07) is 6.17. The molecule has 100 valence electrons. The molecule has 0 amide bonds. The van der Waals surface area contributed by atoms with Gasteiger partial charge in [-0.15, -0.1) is 0 Å². The molecule has 18 heavy (non-hydrogen) atoms.